The number of hydrogen-bond donors (Lipinski definition) is 2. The summed E-state index contributed by atoms with van der Waals surface area (Å²) in [5.74, 6) is 2.01. The molecule has 1 heterocycles. The van der Waals surface area contributed by atoms with Gasteiger partial charge in [0.05, 0.1) is 0 Å². The predicted octanol–water partition coefficient (Wildman–Crippen LogP) is 2.73. The third-order valence-electron chi connectivity index (χ3n) is 5.40. The van der Waals surface area contributed by atoms with Gasteiger partial charge in [0.15, 0.2) is 5.96 Å². The van der Waals surface area contributed by atoms with Gasteiger partial charge in [0.1, 0.15) is 5.82 Å². The summed E-state index contributed by atoms with van der Waals surface area (Å²) in [4.78, 5) is 8.63. The highest BCUT2D eigenvalue weighted by molar-refractivity contribution is 5.79. The van der Waals surface area contributed by atoms with Crippen molar-refractivity contribution < 1.29 is 4.74 Å². The molecule has 0 unspecified atom stereocenters. The molecule has 1 aliphatic rings. The Hall–Kier alpha value is -1.56. The second kappa shape index (κ2) is 10.4. The van der Waals surface area contributed by atoms with Crippen molar-refractivity contribution in [3.63, 3.8) is 0 Å². The summed E-state index contributed by atoms with van der Waals surface area (Å²) < 4.78 is 7.51. The Kier molecular flexibility index (Phi) is 8.25. The lowest BCUT2D eigenvalue weighted by molar-refractivity contribution is 0.138. The second-order valence-electron chi connectivity index (χ2n) is 7.18. The number of guanidine groups is 1. The highest BCUT2D eigenvalue weighted by Gasteiger charge is 2.33. The van der Waals surface area contributed by atoms with E-state index in [-0.39, 0.29) is 0 Å². The van der Waals surface area contributed by atoms with E-state index >= 15 is 0 Å². The van der Waals surface area contributed by atoms with E-state index < -0.39 is 0 Å². The monoisotopic (exact) mass is 349 g/mol. The van der Waals surface area contributed by atoms with Crippen molar-refractivity contribution in [2.75, 3.05) is 33.9 Å². The number of aromatic nitrogens is 2. The standard InChI is InChI=1S/C19H35N5O/c1-17-21-12-14-24(17)13-7-6-11-22-18(20-2)23-16-19(10-15-25-3)8-4-5-9-19/h12,14H,4-11,13,15-16H2,1-3H3,(H2,20,22,23). The number of rotatable bonds is 10. The van der Waals surface area contributed by atoms with Crippen LogP contribution in [0.3, 0.4) is 0 Å². The Labute approximate surface area is 152 Å². The quantitative estimate of drug-likeness (QED) is 0.387. The summed E-state index contributed by atoms with van der Waals surface area (Å²) in [6, 6.07) is 0. The Morgan fingerprint density at radius 3 is 2.76 bits per heavy atom. The van der Waals surface area contributed by atoms with Crippen LogP contribution in [0, 0.1) is 12.3 Å². The van der Waals surface area contributed by atoms with E-state index in [1.807, 2.05) is 26.4 Å². The minimum atomic E-state index is 0.382. The Morgan fingerprint density at radius 1 is 1.32 bits per heavy atom. The maximum atomic E-state index is 5.31. The number of unbranched alkanes of at least 4 members (excludes halogenated alkanes) is 1. The van der Waals surface area contributed by atoms with Gasteiger partial charge in [-0.3, -0.25) is 4.99 Å². The molecule has 1 aromatic rings. The van der Waals surface area contributed by atoms with Crippen LogP contribution in [0.15, 0.2) is 17.4 Å². The molecular formula is C19H35N5O. The van der Waals surface area contributed by atoms with Crippen LogP contribution in [0.25, 0.3) is 0 Å². The zero-order valence-corrected chi connectivity index (χ0v) is 16.2. The molecule has 0 amide bonds. The van der Waals surface area contributed by atoms with Crippen LogP contribution in [0.4, 0.5) is 0 Å². The normalized spacial score (nSPS) is 17.0. The summed E-state index contributed by atoms with van der Waals surface area (Å²) >= 11 is 0. The smallest absolute Gasteiger partial charge is 0.190 e. The fourth-order valence-corrected chi connectivity index (χ4v) is 3.70. The van der Waals surface area contributed by atoms with Gasteiger partial charge in [-0.2, -0.15) is 0 Å². The topological polar surface area (TPSA) is 63.5 Å². The highest BCUT2D eigenvalue weighted by Crippen LogP contribution is 2.40. The average molecular weight is 350 g/mol. The van der Waals surface area contributed by atoms with Crippen LogP contribution in [-0.2, 0) is 11.3 Å². The van der Waals surface area contributed by atoms with Crippen LogP contribution >= 0.6 is 0 Å². The molecule has 0 atom stereocenters. The number of aliphatic imine (C=N–C) groups is 1. The van der Waals surface area contributed by atoms with Crippen molar-refractivity contribution in [3.05, 3.63) is 18.2 Å². The number of aryl methyl sites for hydroxylation is 2. The van der Waals surface area contributed by atoms with E-state index in [9.17, 15) is 0 Å². The lowest BCUT2D eigenvalue weighted by Crippen LogP contribution is -2.43. The average Bonchev–Trinajstić information content (AvgIpc) is 3.25. The molecule has 142 valence electrons. The predicted molar refractivity (Wildman–Crippen MR) is 103 cm³/mol. The first-order chi connectivity index (χ1) is 12.2. The van der Waals surface area contributed by atoms with Crippen LogP contribution in [0.1, 0.15) is 50.8 Å². The zero-order valence-electron chi connectivity index (χ0n) is 16.2. The first kappa shape index (κ1) is 19.8. The van der Waals surface area contributed by atoms with Crippen LogP contribution in [0.5, 0.6) is 0 Å². The van der Waals surface area contributed by atoms with E-state index in [1.165, 1.54) is 25.7 Å². The molecule has 6 nitrogen and oxygen atoms in total. The van der Waals surface area contributed by atoms with E-state index in [4.69, 9.17) is 4.74 Å². The van der Waals surface area contributed by atoms with E-state index in [0.29, 0.717) is 5.41 Å². The molecule has 0 radical (unpaired) electrons. The number of ether oxygens (including phenoxy) is 1. The third kappa shape index (κ3) is 6.34. The molecule has 1 fully saturated rings. The molecule has 2 rings (SSSR count). The van der Waals surface area contributed by atoms with Crippen molar-refractivity contribution in [2.24, 2.45) is 10.4 Å². The Bertz CT molecular complexity index is 520. The fourth-order valence-electron chi connectivity index (χ4n) is 3.70. The maximum Gasteiger partial charge on any atom is 0.190 e. The maximum absolute atomic E-state index is 5.31. The fraction of sp³-hybridized carbons (Fsp3) is 0.789. The lowest BCUT2D eigenvalue weighted by Gasteiger charge is -2.30. The van der Waals surface area contributed by atoms with Gasteiger partial charge in [0.2, 0.25) is 0 Å². The van der Waals surface area contributed by atoms with Gasteiger partial charge in [-0.15, -0.1) is 0 Å². The van der Waals surface area contributed by atoms with Crippen molar-refractivity contribution in [2.45, 2.75) is 58.4 Å². The molecule has 6 heteroatoms. The van der Waals surface area contributed by atoms with Gasteiger partial charge in [0.25, 0.3) is 0 Å². The van der Waals surface area contributed by atoms with Gasteiger partial charge in [-0.1, -0.05) is 12.8 Å². The van der Waals surface area contributed by atoms with Crippen LogP contribution in [-0.4, -0.2) is 49.4 Å². The molecule has 1 saturated carbocycles. The van der Waals surface area contributed by atoms with Crippen molar-refractivity contribution in [1.29, 1.82) is 0 Å². The first-order valence-corrected chi connectivity index (χ1v) is 9.60. The van der Waals surface area contributed by atoms with Crippen molar-refractivity contribution >= 4 is 5.96 Å². The third-order valence-corrected chi connectivity index (χ3v) is 5.40. The Morgan fingerprint density at radius 2 is 2.12 bits per heavy atom. The van der Waals surface area contributed by atoms with Gasteiger partial charge in [-0.05, 0) is 44.4 Å². The van der Waals surface area contributed by atoms with Crippen molar-refractivity contribution in [3.8, 4) is 0 Å². The molecule has 1 aliphatic carbocycles. The molecule has 0 spiro atoms. The summed E-state index contributed by atoms with van der Waals surface area (Å²) in [5.41, 5.74) is 0.382. The van der Waals surface area contributed by atoms with E-state index in [2.05, 4.69) is 25.2 Å². The molecular weight excluding hydrogens is 314 g/mol. The number of imidazole rings is 1. The molecule has 0 saturated heterocycles. The van der Waals surface area contributed by atoms with E-state index in [0.717, 1.165) is 57.3 Å². The minimum absolute atomic E-state index is 0.382. The van der Waals surface area contributed by atoms with Crippen LogP contribution in [0.2, 0.25) is 0 Å². The highest BCUT2D eigenvalue weighted by atomic mass is 16.5. The molecule has 0 aliphatic heterocycles. The van der Waals surface area contributed by atoms with Gasteiger partial charge in [-0.25, -0.2) is 4.98 Å². The lowest BCUT2D eigenvalue weighted by atomic mass is 9.83. The first-order valence-electron chi connectivity index (χ1n) is 9.60. The van der Waals surface area contributed by atoms with Gasteiger partial charge in [0, 0.05) is 52.8 Å². The largest absolute Gasteiger partial charge is 0.385 e. The summed E-state index contributed by atoms with van der Waals surface area (Å²) in [7, 11) is 3.64. The van der Waals surface area contributed by atoms with Crippen molar-refractivity contribution in [1.82, 2.24) is 20.2 Å². The second-order valence-corrected chi connectivity index (χ2v) is 7.18. The van der Waals surface area contributed by atoms with Gasteiger partial charge >= 0.3 is 0 Å². The number of nitrogens with zero attached hydrogens (tertiary/aromatic N) is 3. The molecule has 0 aromatic carbocycles. The molecule has 1 aromatic heterocycles. The number of nitrogens with one attached hydrogen (secondary N) is 2. The summed E-state index contributed by atoms with van der Waals surface area (Å²) in [6.45, 7) is 5.86. The molecule has 2 N–H and O–H groups in total. The number of hydrogen-bond acceptors (Lipinski definition) is 3. The summed E-state index contributed by atoms with van der Waals surface area (Å²) in [6.07, 6.45) is 12.6. The molecule has 25 heavy (non-hydrogen) atoms. The van der Waals surface area contributed by atoms with E-state index in [1.54, 1.807) is 7.11 Å². The van der Waals surface area contributed by atoms with Crippen LogP contribution < -0.4 is 10.6 Å². The zero-order chi connectivity index (χ0) is 18.0. The number of methoxy groups -OCH3 is 1. The SMILES string of the molecule is CN=C(NCCCCn1ccnc1C)NCC1(CCOC)CCCC1. The Balaban J connectivity index is 1.65. The minimum Gasteiger partial charge on any atom is -0.385 e. The molecule has 0 bridgehead atoms. The summed E-state index contributed by atoms with van der Waals surface area (Å²) in [5, 5.41) is 6.99. The van der Waals surface area contributed by atoms with Gasteiger partial charge < -0.3 is 19.9 Å².